The quantitative estimate of drug-likeness (QED) is 0.525. The van der Waals surface area contributed by atoms with Crippen LogP contribution in [-0.2, 0) is 0 Å². The van der Waals surface area contributed by atoms with Gasteiger partial charge in [0, 0.05) is 6.04 Å². The Hall–Kier alpha value is -0.560. The van der Waals surface area contributed by atoms with Gasteiger partial charge in [-0.15, -0.1) is 0 Å². The van der Waals surface area contributed by atoms with E-state index in [0.717, 1.165) is 0 Å². The molecule has 0 N–H and O–H groups in total. The van der Waals surface area contributed by atoms with Gasteiger partial charge in [-0.1, -0.05) is 19.2 Å². The van der Waals surface area contributed by atoms with Gasteiger partial charge >= 0.3 is 0 Å². The van der Waals surface area contributed by atoms with E-state index in [-0.39, 0.29) is 0 Å². The third-order valence-corrected chi connectivity index (χ3v) is 2.21. The van der Waals surface area contributed by atoms with Crippen LogP contribution in [0.2, 0.25) is 0 Å². The fourth-order valence-electron chi connectivity index (χ4n) is 1.51. The molecule has 0 aromatic rings. The van der Waals surface area contributed by atoms with E-state index < -0.39 is 0 Å². The van der Waals surface area contributed by atoms with E-state index in [1.165, 1.54) is 25.0 Å². The summed E-state index contributed by atoms with van der Waals surface area (Å²) in [5, 5.41) is 0. The highest BCUT2D eigenvalue weighted by Crippen LogP contribution is 2.20. The van der Waals surface area contributed by atoms with Crippen molar-refractivity contribution in [1.82, 2.24) is 4.90 Å². The number of nitrogens with zero attached hydrogens (tertiary/aromatic N) is 1. The van der Waals surface area contributed by atoms with Crippen LogP contribution in [0.25, 0.3) is 0 Å². The zero-order chi connectivity index (χ0) is 7.56. The molecule has 0 spiro atoms. The SMILES string of the molecule is C=CC(=C)C1CCCN1C. The Balaban J connectivity index is 2.54. The van der Waals surface area contributed by atoms with Gasteiger partial charge in [-0.25, -0.2) is 0 Å². The summed E-state index contributed by atoms with van der Waals surface area (Å²) in [6.45, 7) is 8.87. The lowest BCUT2D eigenvalue weighted by Gasteiger charge is -2.19. The molecule has 10 heavy (non-hydrogen) atoms. The molecule has 1 atom stereocenters. The second-order valence-electron chi connectivity index (χ2n) is 2.92. The number of rotatable bonds is 2. The Labute approximate surface area is 63.0 Å². The van der Waals surface area contributed by atoms with Crippen molar-refractivity contribution in [1.29, 1.82) is 0 Å². The molecule has 0 aromatic heterocycles. The Morgan fingerprint density at radius 3 is 2.80 bits per heavy atom. The van der Waals surface area contributed by atoms with Crippen LogP contribution in [0.15, 0.2) is 24.8 Å². The molecule has 0 amide bonds. The smallest absolute Gasteiger partial charge is 0.0339 e. The molecule has 0 bridgehead atoms. The Morgan fingerprint density at radius 2 is 2.40 bits per heavy atom. The van der Waals surface area contributed by atoms with E-state index in [4.69, 9.17) is 0 Å². The lowest BCUT2D eigenvalue weighted by Crippen LogP contribution is -2.25. The van der Waals surface area contributed by atoms with Gasteiger partial charge in [0.15, 0.2) is 0 Å². The molecule has 1 heteroatoms. The fourth-order valence-corrected chi connectivity index (χ4v) is 1.51. The highest BCUT2D eigenvalue weighted by molar-refractivity contribution is 5.19. The van der Waals surface area contributed by atoms with E-state index in [9.17, 15) is 0 Å². The second kappa shape index (κ2) is 3.02. The zero-order valence-electron chi connectivity index (χ0n) is 6.64. The summed E-state index contributed by atoms with van der Waals surface area (Å²) in [4.78, 5) is 2.34. The summed E-state index contributed by atoms with van der Waals surface area (Å²) >= 11 is 0. The molecular formula is C9H15N. The van der Waals surface area contributed by atoms with Gasteiger partial charge in [-0.2, -0.15) is 0 Å². The predicted molar refractivity (Wildman–Crippen MR) is 45.0 cm³/mol. The summed E-state index contributed by atoms with van der Waals surface area (Å²) in [7, 11) is 2.15. The molecule has 0 saturated carbocycles. The normalized spacial score (nSPS) is 26.7. The first-order chi connectivity index (χ1) is 4.75. The van der Waals surface area contributed by atoms with Crippen LogP contribution < -0.4 is 0 Å². The van der Waals surface area contributed by atoms with Crippen molar-refractivity contribution in [3.05, 3.63) is 24.8 Å². The molecule has 1 saturated heterocycles. The number of hydrogen-bond acceptors (Lipinski definition) is 1. The Bertz CT molecular complexity index is 149. The second-order valence-corrected chi connectivity index (χ2v) is 2.92. The average Bonchev–Trinajstić information content (AvgIpc) is 2.34. The van der Waals surface area contributed by atoms with Gasteiger partial charge in [0.1, 0.15) is 0 Å². The monoisotopic (exact) mass is 137 g/mol. The van der Waals surface area contributed by atoms with Crippen molar-refractivity contribution in [2.75, 3.05) is 13.6 Å². The molecule has 1 aliphatic rings. The van der Waals surface area contributed by atoms with Gasteiger partial charge in [0.2, 0.25) is 0 Å². The van der Waals surface area contributed by atoms with Crippen molar-refractivity contribution in [3.8, 4) is 0 Å². The molecule has 1 unspecified atom stereocenters. The van der Waals surface area contributed by atoms with Crippen molar-refractivity contribution < 1.29 is 0 Å². The molecule has 56 valence electrons. The van der Waals surface area contributed by atoms with E-state index in [2.05, 4.69) is 25.1 Å². The molecule has 0 radical (unpaired) electrons. The molecule has 0 aromatic carbocycles. The highest BCUT2D eigenvalue weighted by Gasteiger charge is 2.21. The molecule has 1 nitrogen and oxygen atoms in total. The fraction of sp³-hybridized carbons (Fsp3) is 0.556. The van der Waals surface area contributed by atoms with Gasteiger partial charge in [0.25, 0.3) is 0 Å². The average molecular weight is 137 g/mol. The van der Waals surface area contributed by atoms with Crippen LogP contribution in [0, 0.1) is 0 Å². The van der Waals surface area contributed by atoms with E-state index in [0.29, 0.717) is 6.04 Å². The van der Waals surface area contributed by atoms with Crippen LogP contribution in [0.5, 0.6) is 0 Å². The summed E-state index contributed by atoms with van der Waals surface area (Å²) < 4.78 is 0. The molecule has 1 aliphatic heterocycles. The summed E-state index contributed by atoms with van der Waals surface area (Å²) in [6.07, 6.45) is 4.42. The van der Waals surface area contributed by atoms with Crippen LogP contribution in [0.4, 0.5) is 0 Å². The van der Waals surface area contributed by atoms with Crippen molar-refractivity contribution >= 4 is 0 Å². The summed E-state index contributed by atoms with van der Waals surface area (Å²) in [6, 6.07) is 0.567. The Kier molecular flexibility index (Phi) is 2.28. The minimum atomic E-state index is 0.567. The van der Waals surface area contributed by atoms with Crippen molar-refractivity contribution in [2.45, 2.75) is 18.9 Å². The first-order valence-electron chi connectivity index (χ1n) is 3.77. The minimum absolute atomic E-state index is 0.567. The van der Waals surface area contributed by atoms with Crippen LogP contribution in [0.3, 0.4) is 0 Å². The summed E-state index contributed by atoms with van der Waals surface area (Å²) in [5.74, 6) is 0. The lowest BCUT2D eigenvalue weighted by molar-refractivity contribution is 0.349. The van der Waals surface area contributed by atoms with Crippen molar-refractivity contribution in [2.24, 2.45) is 0 Å². The zero-order valence-corrected chi connectivity index (χ0v) is 6.64. The van der Waals surface area contributed by atoms with Gasteiger partial charge in [0.05, 0.1) is 0 Å². The van der Waals surface area contributed by atoms with Gasteiger partial charge in [-0.3, -0.25) is 4.90 Å². The first kappa shape index (κ1) is 7.55. The minimum Gasteiger partial charge on any atom is -0.299 e. The third kappa shape index (κ3) is 1.29. The van der Waals surface area contributed by atoms with Crippen LogP contribution in [-0.4, -0.2) is 24.5 Å². The number of likely N-dealkylation sites (N-methyl/N-ethyl adjacent to an activating group) is 1. The first-order valence-corrected chi connectivity index (χ1v) is 3.77. The molecule has 1 rings (SSSR count). The number of hydrogen-bond donors (Lipinski definition) is 0. The maximum Gasteiger partial charge on any atom is 0.0339 e. The maximum atomic E-state index is 3.95. The Morgan fingerprint density at radius 1 is 1.70 bits per heavy atom. The topological polar surface area (TPSA) is 3.24 Å². The molecule has 1 heterocycles. The van der Waals surface area contributed by atoms with E-state index >= 15 is 0 Å². The standard InChI is InChI=1S/C9H15N/c1-4-8(2)9-6-5-7-10(9)3/h4,9H,1-2,5-7H2,3H3. The highest BCUT2D eigenvalue weighted by atomic mass is 15.1. The van der Waals surface area contributed by atoms with E-state index in [1.807, 2.05) is 6.08 Å². The molecule has 0 aliphatic carbocycles. The third-order valence-electron chi connectivity index (χ3n) is 2.21. The van der Waals surface area contributed by atoms with Gasteiger partial charge in [-0.05, 0) is 32.0 Å². The van der Waals surface area contributed by atoms with Gasteiger partial charge < -0.3 is 0 Å². The maximum absolute atomic E-state index is 3.95. The predicted octanol–water partition coefficient (Wildman–Crippen LogP) is 1.82. The van der Waals surface area contributed by atoms with Crippen LogP contribution in [0.1, 0.15) is 12.8 Å². The summed E-state index contributed by atoms with van der Waals surface area (Å²) in [5.41, 5.74) is 1.17. The lowest BCUT2D eigenvalue weighted by atomic mass is 10.1. The van der Waals surface area contributed by atoms with E-state index in [1.54, 1.807) is 0 Å². The van der Waals surface area contributed by atoms with Crippen LogP contribution >= 0.6 is 0 Å². The molecular weight excluding hydrogens is 122 g/mol. The number of likely N-dealkylation sites (tertiary alicyclic amines) is 1. The van der Waals surface area contributed by atoms with Crippen molar-refractivity contribution in [3.63, 3.8) is 0 Å². The largest absolute Gasteiger partial charge is 0.299 e. The molecule has 1 fully saturated rings.